The molecule has 0 unspecified atom stereocenters. The van der Waals surface area contributed by atoms with Gasteiger partial charge in [-0.25, -0.2) is 26.0 Å². The number of unbranched alkanes of at least 4 members (excludes halogenated alkanes) is 1. The van der Waals surface area contributed by atoms with E-state index in [1.54, 1.807) is 24.3 Å². The van der Waals surface area contributed by atoms with Gasteiger partial charge in [0.2, 0.25) is 0 Å². The number of aryl methyl sites for hydroxylation is 6. The highest BCUT2D eigenvalue weighted by Gasteiger charge is 2.26. The van der Waals surface area contributed by atoms with Gasteiger partial charge in [0.15, 0.2) is 22.8 Å². The molecule has 2 aliphatic heterocycles. The van der Waals surface area contributed by atoms with Gasteiger partial charge in [-0.2, -0.15) is 0 Å². The number of thioether (sulfide) groups is 2. The average Bonchev–Trinajstić information content (AvgIpc) is 3.83. The number of benzene rings is 6. The van der Waals surface area contributed by atoms with Crippen LogP contribution in [-0.4, -0.2) is 40.0 Å². The summed E-state index contributed by atoms with van der Waals surface area (Å²) < 4.78 is 67.3. The summed E-state index contributed by atoms with van der Waals surface area (Å²) in [6.07, 6.45) is 6.96. The summed E-state index contributed by atoms with van der Waals surface area (Å²) in [6.45, 7) is 14.7. The molecule has 10 nitrogen and oxygen atoms in total. The smallest absolute Gasteiger partial charge is 0.179 e. The van der Waals surface area contributed by atoms with Crippen molar-refractivity contribution in [1.29, 1.82) is 0 Å². The van der Waals surface area contributed by atoms with Crippen molar-refractivity contribution in [3.8, 4) is 0 Å². The Morgan fingerprint density at radius 2 is 0.806 bits per heavy atom. The van der Waals surface area contributed by atoms with Gasteiger partial charge in [-0.3, -0.25) is 0 Å². The van der Waals surface area contributed by atoms with Crippen LogP contribution in [0.5, 0.6) is 0 Å². The Morgan fingerprint density at radius 3 is 1.14 bits per heavy atom. The molecule has 10 rings (SSSR count). The van der Waals surface area contributed by atoms with E-state index in [2.05, 4.69) is 170 Å². The van der Waals surface area contributed by atoms with Crippen LogP contribution in [0.4, 0.5) is 11.4 Å². The Morgan fingerprint density at radius 1 is 0.472 bits per heavy atom. The number of hydrogen-bond donors (Lipinski definition) is 0. The molecule has 72 heavy (non-hydrogen) atoms. The van der Waals surface area contributed by atoms with Crippen molar-refractivity contribution in [2.24, 2.45) is 0 Å². The largest absolute Gasteiger partial charge is 0.744 e. The van der Waals surface area contributed by atoms with Gasteiger partial charge in [-0.05, 0) is 84.3 Å². The van der Waals surface area contributed by atoms with E-state index in [1.165, 1.54) is 111 Å². The molecule has 6 aromatic carbocycles. The van der Waals surface area contributed by atoms with E-state index in [-0.39, 0.29) is 9.79 Å². The topological polar surface area (TPSA) is 129 Å². The lowest BCUT2D eigenvalue weighted by molar-refractivity contribution is -0.719. The molecule has 0 N–H and O–H groups in total. The summed E-state index contributed by atoms with van der Waals surface area (Å²) in [5, 5.41) is 7.75. The molecule has 0 saturated heterocycles. The molecule has 4 heterocycles. The summed E-state index contributed by atoms with van der Waals surface area (Å²) in [5.74, 6) is 0. The van der Waals surface area contributed by atoms with E-state index in [1.807, 2.05) is 37.4 Å². The van der Waals surface area contributed by atoms with Crippen LogP contribution in [-0.2, 0) is 33.3 Å². The Bertz CT molecular complexity index is 3350. The second-order valence-corrected chi connectivity index (χ2v) is 23.1. The molecular weight excluding hydrogens is 977 g/mol. The van der Waals surface area contributed by atoms with Crippen molar-refractivity contribution in [2.75, 3.05) is 23.9 Å². The summed E-state index contributed by atoms with van der Waals surface area (Å²) in [7, 11) is -4.15. The van der Waals surface area contributed by atoms with Gasteiger partial charge in [0.1, 0.15) is 33.3 Å². The van der Waals surface area contributed by atoms with Crippen molar-refractivity contribution in [2.45, 2.75) is 87.1 Å². The second-order valence-electron chi connectivity index (χ2n) is 18.2. The Labute approximate surface area is 432 Å². The standard InChI is InChI=1S/C44H44N4S2.2C7H8O3S/c1-29-23-33(27-41-45(5)43-37-15-9-7-13-35(37)17-19-39(43)49-41)24-30(2)47(29)21-11-12-22-48-31(3)25-34(26-32(48)4)28-42-46(6)44-38-16-10-8-14-36(38)18-20-40(44)50-42;2*1-6-2-4-7(5-3-6)11(8,9)10/h7-10,13-20,23-28H,11-12,21-22H2,1-6H3;2*2-5H,1H3,(H,8,9,10)/q+2;;/p-2. The van der Waals surface area contributed by atoms with Crippen LogP contribution >= 0.6 is 23.5 Å². The van der Waals surface area contributed by atoms with Crippen molar-refractivity contribution in [3.63, 3.8) is 0 Å². The fourth-order valence-corrected chi connectivity index (χ4v) is 12.4. The minimum atomic E-state index is -4.27. The number of pyridine rings is 2. The highest BCUT2D eigenvalue weighted by molar-refractivity contribution is 8.04. The number of hydrogen-bond acceptors (Lipinski definition) is 10. The molecule has 2 aromatic heterocycles. The molecule has 370 valence electrons. The summed E-state index contributed by atoms with van der Waals surface area (Å²) >= 11 is 3.73. The van der Waals surface area contributed by atoms with E-state index in [0.29, 0.717) is 0 Å². The van der Waals surface area contributed by atoms with Gasteiger partial charge < -0.3 is 18.9 Å². The molecule has 0 radical (unpaired) electrons. The maximum absolute atomic E-state index is 10.4. The molecule has 0 fully saturated rings. The minimum absolute atomic E-state index is 0.178. The molecular formula is C58H58N4O6S4. The fourth-order valence-electron chi connectivity index (χ4n) is 9.19. The van der Waals surface area contributed by atoms with Crippen LogP contribution in [0.15, 0.2) is 175 Å². The van der Waals surface area contributed by atoms with Gasteiger partial charge in [0.05, 0.1) is 31.2 Å². The first-order valence-corrected chi connectivity index (χ1v) is 28.1. The van der Waals surface area contributed by atoms with Crippen LogP contribution in [0.1, 0.15) is 57.9 Å². The molecule has 14 heteroatoms. The highest BCUT2D eigenvalue weighted by Crippen LogP contribution is 2.50. The maximum atomic E-state index is 10.4. The van der Waals surface area contributed by atoms with E-state index >= 15 is 0 Å². The van der Waals surface area contributed by atoms with Crippen molar-refractivity contribution in [3.05, 3.63) is 201 Å². The Balaban J connectivity index is 0.000000259. The first kappa shape index (κ1) is 52.1. The molecule has 0 saturated carbocycles. The van der Waals surface area contributed by atoms with Gasteiger partial charge in [-0.1, -0.05) is 120 Å². The number of rotatable bonds is 9. The third-order valence-electron chi connectivity index (χ3n) is 12.9. The van der Waals surface area contributed by atoms with Crippen LogP contribution in [0.2, 0.25) is 0 Å². The molecule has 0 amide bonds. The number of anilines is 2. The Kier molecular flexibility index (Phi) is 15.8. The van der Waals surface area contributed by atoms with Crippen LogP contribution in [0.25, 0.3) is 33.7 Å². The third kappa shape index (κ3) is 12.0. The lowest BCUT2D eigenvalue weighted by atomic mass is 10.1. The monoisotopic (exact) mass is 1030 g/mol. The van der Waals surface area contributed by atoms with Crippen LogP contribution in [0, 0.1) is 41.5 Å². The summed E-state index contributed by atoms with van der Waals surface area (Å²) in [5.41, 5.74) is 12.3. The normalized spacial score (nSPS) is 14.3. The van der Waals surface area contributed by atoms with Crippen LogP contribution in [0.3, 0.4) is 0 Å². The lowest BCUT2D eigenvalue weighted by Gasteiger charge is -2.16. The fraction of sp³-hybridized carbons (Fsp3) is 0.207. The van der Waals surface area contributed by atoms with E-state index in [9.17, 15) is 25.9 Å². The SMILES string of the molecule is Cc1cc(/C=C2\Sc3ccc4ccccc4c3N2C)cc(C)[n+]1CCCC[n+]1c(C)cc(/C=C2\Sc3ccc4ccccc4c3N2C)cc1C.Cc1ccc(S(=O)(=O)[O-])cc1.Cc1ccc(S(=O)(=O)[O-])cc1. The quantitative estimate of drug-likeness (QED) is 0.0783. The predicted molar refractivity (Wildman–Crippen MR) is 292 cm³/mol. The van der Waals surface area contributed by atoms with Gasteiger partial charge in [0.25, 0.3) is 0 Å². The minimum Gasteiger partial charge on any atom is -0.744 e. The zero-order valence-electron chi connectivity index (χ0n) is 41.7. The van der Waals surface area contributed by atoms with Crippen LogP contribution < -0.4 is 18.9 Å². The molecule has 0 aliphatic carbocycles. The molecule has 2 aliphatic rings. The predicted octanol–water partition coefficient (Wildman–Crippen LogP) is 12.2. The first-order valence-electron chi connectivity index (χ1n) is 23.6. The third-order valence-corrected chi connectivity index (χ3v) is 16.9. The maximum Gasteiger partial charge on any atom is 0.179 e. The number of fused-ring (bicyclic) bond motifs is 6. The highest BCUT2D eigenvalue weighted by atomic mass is 32.2. The summed E-state index contributed by atoms with van der Waals surface area (Å²) in [6, 6.07) is 47.3. The average molecular weight is 1040 g/mol. The first-order chi connectivity index (χ1) is 34.2. The van der Waals surface area contributed by atoms with Crippen molar-refractivity contribution in [1.82, 2.24) is 0 Å². The lowest BCUT2D eigenvalue weighted by Crippen LogP contribution is -2.42. The zero-order chi connectivity index (χ0) is 51.5. The Hall–Kier alpha value is -6.26. The molecule has 0 atom stereocenters. The second kappa shape index (κ2) is 21.8. The van der Waals surface area contributed by atoms with E-state index in [0.717, 1.165) is 37.1 Å². The number of nitrogens with zero attached hydrogens (tertiary/aromatic N) is 4. The van der Waals surface area contributed by atoms with Crippen molar-refractivity contribution >= 4 is 88.8 Å². The van der Waals surface area contributed by atoms with E-state index < -0.39 is 20.2 Å². The van der Waals surface area contributed by atoms with Crippen molar-refractivity contribution < 1.29 is 35.1 Å². The van der Waals surface area contributed by atoms with E-state index in [4.69, 9.17) is 0 Å². The summed E-state index contributed by atoms with van der Waals surface area (Å²) in [4.78, 5) is 7.00. The molecule has 8 aromatic rings. The zero-order valence-corrected chi connectivity index (χ0v) is 45.0. The molecule has 0 bridgehead atoms. The van der Waals surface area contributed by atoms with Gasteiger partial charge >= 0.3 is 0 Å². The van der Waals surface area contributed by atoms with Gasteiger partial charge in [-0.15, -0.1) is 0 Å². The molecule has 0 spiro atoms. The number of aromatic nitrogens is 2. The van der Waals surface area contributed by atoms with Gasteiger partial charge in [0, 0.05) is 99.5 Å².